The summed E-state index contributed by atoms with van der Waals surface area (Å²) in [6, 6.07) is 2.10. The third-order valence-electron chi connectivity index (χ3n) is 2.36. The molecule has 0 saturated carbocycles. The van der Waals surface area contributed by atoms with Crippen LogP contribution in [0, 0.1) is 17.2 Å². The van der Waals surface area contributed by atoms with Gasteiger partial charge in [0.15, 0.2) is 0 Å². The Hall–Kier alpha value is -0.590. The maximum atomic E-state index is 9.66. The van der Waals surface area contributed by atoms with Gasteiger partial charge in [-0.05, 0) is 19.3 Å². The first-order chi connectivity index (χ1) is 5.79. The lowest BCUT2D eigenvalue weighted by atomic mass is 9.95. The van der Waals surface area contributed by atoms with Crippen LogP contribution in [0.4, 0.5) is 0 Å². The van der Waals surface area contributed by atoms with Crippen molar-refractivity contribution in [3.63, 3.8) is 0 Å². The van der Waals surface area contributed by atoms with Crippen LogP contribution < -0.4 is 0 Å². The molecule has 0 spiro atoms. The molecule has 3 unspecified atom stereocenters. The summed E-state index contributed by atoms with van der Waals surface area (Å²) in [4.78, 5) is 0. The molecule has 0 radical (unpaired) electrons. The molecule has 68 valence electrons. The Bertz CT molecular complexity index is 170. The van der Waals surface area contributed by atoms with Crippen LogP contribution in [-0.4, -0.2) is 23.9 Å². The van der Waals surface area contributed by atoms with Crippen molar-refractivity contribution in [1.29, 1.82) is 5.26 Å². The minimum Gasteiger partial charge on any atom is -0.389 e. The van der Waals surface area contributed by atoms with Crippen LogP contribution in [0.5, 0.6) is 0 Å². The SMILES string of the molecule is CCC(C#N)C(O)C1CCCO1. The van der Waals surface area contributed by atoms with Gasteiger partial charge in [-0.3, -0.25) is 0 Å². The van der Waals surface area contributed by atoms with E-state index in [1.807, 2.05) is 6.92 Å². The molecule has 0 aromatic rings. The molecule has 1 rings (SSSR count). The molecule has 1 saturated heterocycles. The molecule has 3 atom stereocenters. The van der Waals surface area contributed by atoms with Crippen LogP contribution in [-0.2, 0) is 4.74 Å². The van der Waals surface area contributed by atoms with E-state index in [1.165, 1.54) is 0 Å². The standard InChI is InChI=1S/C9H15NO2/c1-2-7(6-10)9(11)8-4-3-5-12-8/h7-9,11H,2-5H2,1H3. The number of ether oxygens (including phenoxy) is 1. The third-order valence-corrected chi connectivity index (χ3v) is 2.36. The molecule has 0 aromatic heterocycles. The van der Waals surface area contributed by atoms with Crippen LogP contribution in [0.1, 0.15) is 26.2 Å². The van der Waals surface area contributed by atoms with Gasteiger partial charge in [-0.1, -0.05) is 6.92 Å². The molecule has 0 amide bonds. The quantitative estimate of drug-likeness (QED) is 0.687. The number of hydrogen-bond donors (Lipinski definition) is 1. The topological polar surface area (TPSA) is 53.2 Å². The largest absolute Gasteiger partial charge is 0.389 e. The highest BCUT2D eigenvalue weighted by Gasteiger charge is 2.29. The number of aliphatic hydroxyl groups is 1. The van der Waals surface area contributed by atoms with Gasteiger partial charge in [0.25, 0.3) is 0 Å². The Morgan fingerprint density at radius 3 is 2.92 bits per heavy atom. The smallest absolute Gasteiger partial charge is 0.0959 e. The Morgan fingerprint density at radius 2 is 2.50 bits per heavy atom. The summed E-state index contributed by atoms with van der Waals surface area (Å²) in [5.74, 6) is -0.270. The Kier molecular flexibility index (Phi) is 3.51. The lowest BCUT2D eigenvalue weighted by Gasteiger charge is -2.20. The normalized spacial score (nSPS) is 27.9. The van der Waals surface area contributed by atoms with Crippen molar-refractivity contribution in [2.24, 2.45) is 5.92 Å². The predicted molar refractivity (Wildman–Crippen MR) is 44.4 cm³/mol. The maximum Gasteiger partial charge on any atom is 0.0959 e. The van der Waals surface area contributed by atoms with Gasteiger partial charge in [-0.25, -0.2) is 0 Å². The molecule has 1 aliphatic rings. The Labute approximate surface area is 73.0 Å². The van der Waals surface area contributed by atoms with Crippen LogP contribution in [0.3, 0.4) is 0 Å². The lowest BCUT2D eigenvalue weighted by molar-refractivity contribution is -0.0211. The number of nitrogens with zero attached hydrogens (tertiary/aromatic N) is 1. The first kappa shape index (κ1) is 9.50. The van der Waals surface area contributed by atoms with Crippen molar-refractivity contribution >= 4 is 0 Å². The highest BCUT2D eigenvalue weighted by molar-refractivity contribution is 4.91. The molecule has 3 heteroatoms. The second-order valence-electron chi connectivity index (χ2n) is 3.19. The summed E-state index contributed by atoms with van der Waals surface area (Å²) in [6.07, 6.45) is 1.89. The van der Waals surface area contributed by atoms with Crippen molar-refractivity contribution in [1.82, 2.24) is 0 Å². The molecule has 0 bridgehead atoms. The van der Waals surface area contributed by atoms with Gasteiger partial charge in [-0.2, -0.15) is 5.26 Å². The van der Waals surface area contributed by atoms with Gasteiger partial charge >= 0.3 is 0 Å². The fourth-order valence-electron chi connectivity index (χ4n) is 1.54. The Balaban J connectivity index is 2.44. The first-order valence-electron chi connectivity index (χ1n) is 4.49. The number of aliphatic hydroxyl groups excluding tert-OH is 1. The molecule has 12 heavy (non-hydrogen) atoms. The van der Waals surface area contributed by atoms with Gasteiger partial charge in [0.05, 0.1) is 24.2 Å². The molecule has 1 N–H and O–H groups in total. The molecular weight excluding hydrogens is 154 g/mol. The zero-order valence-electron chi connectivity index (χ0n) is 7.36. The van der Waals surface area contributed by atoms with E-state index in [9.17, 15) is 5.11 Å². The van der Waals surface area contributed by atoms with Gasteiger partial charge < -0.3 is 9.84 Å². The predicted octanol–water partition coefficient (Wildman–Crippen LogP) is 1.08. The van der Waals surface area contributed by atoms with Crippen LogP contribution >= 0.6 is 0 Å². The van der Waals surface area contributed by atoms with Crippen LogP contribution in [0.2, 0.25) is 0 Å². The number of hydrogen-bond acceptors (Lipinski definition) is 3. The summed E-state index contributed by atoms with van der Waals surface area (Å²) in [6.45, 7) is 2.63. The second-order valence-corrected chi connectivity index (χ2v) is 3.19. The molecule has 3 nitrogen and oxygen atoms in total. The van der Waals surface area contributed by atoms with Crippen molar-refractivity contribution in [3.05, 3.63) is 0 Å². The average Bonchev–Trinajstić information content (AvgIpc) is 2.58. The van der Waals surface area contributed by atoms with Gasteiger partial charge in [0.2, 0.25) is 0 Å². The highest BCUT2D eigenvalue weighted by Crippen LogP contribution is 2.21. The van der Waals surface area contributed by atoms with Crippen molar-refractivity contribution in [2.75, 3.05) is 6.61 Å². The minimum absolute atomic E-state index is 0.102. The molecule has 0 aromatic carbocycles. The fourth-order valence-corrected chi connectivity index (χ4v) is 1.54. The van der Waals surface area contributed by atoms with E-state index < -0.39 is 6.10 Å². The zero-order chi connectivity index (χ0) is 8.97. The zero-order valence-corrected chi connectivity index (χ0v) is 7.36. The van der Waals surface area contributed by atoms with Crippen molar-refractivity contribution < 1.29 is 9.84 Å². The molecule has 1 fully saturated rings. The van der Waals surface area contributed by atoms with Gasteiger partial charge in [-0.15, -0.1) is 0 Å². The van der Waals surface area contributed by atoms with E-state index in [2.05, 4.69) is 6.07 Å². The van der Waals surface area contributed by atoms with E-state index >= 15 is 0 Å². The van der Waals surface area contributed by atoms with Gasteiger partial charge in [0, 0.05) is 6.61 Å². The first-order valence-corrected chi connectivity index (χ1v) is 4.49. The molecular formula is C9H15NO2. The van der Waals surface area contributed by atoms with E-state index in [0.717, 1.165) is 19.4 Å². The monoisotopic (exact) mass is 169 g/mol. The van der Waals surface area contributed by atoms with E-state index in [1.54, 1.807) is 0 Å². The van der Waals surface area contributed by atoms with E-state index in [0.29, 0.717) is 6.42 Å². The van der Waals surface area contributed by atoms with E-state index in [-0.39, 0.29) is 12.0 Å². The molecule has 1 aliphatic heterocycles. The van der Waals surface area contributed by atoms with Gasteiger partial charge in [0.1, 0.15) is 0 Å². The van der Waals surface area contributed by atoms with Crippen molar-refractivity contribution in [2.45, 2.75) is 38.4 Å². The van der Waals surface area contributed by atoms with Crippen molar-refractivity contribution in [3.8, 4) is 6.07 Å². The van der Waals surface area contributed by atoms with Crippen LogP contribution in [0.25, 0.3) is 0 Å². The summed E-state index contributed by atoms with van der Waals surface area (Å²) >= 11 is 0. The molecule has 1 heterocycles. The molecule has 0 aliphatic carbocycles. The lowest BCUT2D eigenvalue weighted by Crippen LogP contribution is -2.31. The summed E-state index contributed by atoms with van der Waals surface area (Å²) in [7, 11) is 0. The maximum absolute atomic E-state index is 9.66. The van der Waals surface area contributed by atoms with Crippen LogP contribution in [0.15, 0.2) is 0 Å². The summed E-state index contributed by atoms with van der Waals surface area (Å²) in [5.41, 5.74) is 0. The third kappa shape index (κ3) is 1.96. The minimum atomic E-state index is -0.595. The van der Waals surface area contributed by atoms with E-state index in [4.69, 9.17) is 10.00 Å². The summed E-state index contributed by atoms with van der Waals surface area (Å²) < 4.78 is 5.30. The second kappa shape index (κ2) is 4.44. The fraction of sp³-hybridized carbons (Fsp3) is 0.889. The number of rotatable bonds is 3. The average molecular weight is 169 g/mol. The Morgan fingerprint density at radius 1 is 1.75 bits per heavy atom. The highest BCUT2D eigenvalue weighted by atomic mass is 16.5. The number of nitriles is 1. The summed E-state index contributed by atoms with van der Waals surface area (Å²) in [5, 5.41) is 18.4.